The molecule has 6 heteroatoms. The highest BCUT2D eigenvalue weighted by atomic mass is 35.5. The van der Waals surface area contributed by atoms with Crippen molar-refractivity contribution in [2.45, 2.75) is 19.9 Å². The Morgan fingerprint density at radius 3 is 3.00 bits per heavy atom. The van der Waals surface area contributed by atoms with Gasteiger partial charge in [-0.15, -0.1) is 0 Å². The third-order valence-corrected chi connectivity index (χ3v) is 5.31. The van der Waals surface area contributed by atoms with Crippen LogP contribution in [0.4, 0.5) is 0 Å². The molecule has 26 heavy (non-hydrogen) atoms. The van der Waals surface area contributed by atoms with Crippen LogP contribution in [0.1, 0.15) is 13.3 Å². The molecule has 0 saturated heterocycles. The molecule has 1 aromatic carbocycles. The van der Waals surface area contributed by atoms with E-state index < -0.39 is 5.43 Å². The standard InChI is InChI=1S/C20H18ClN3O2/c1-13-4-2-5-14(19(13)21)10-24-12-22-20-15(6-3-7-16(20)24)23-9-8-17(25)18(26)11-23/h2-3,5-9,11-13,26H,4,10H2,1H3. The van der Waals surface area contributed by atoms with Gasteiger partial charge in [-0.3, -0.25) is 4.79 Å². The molecule has 0 saturated carbocycles. The summed E-state index contributed by atoms with van der Waals surface area (Å²) in [7, 11) is 0. The summed E-state index contributed by atoms with van der Waals surface area (Å²) in [6, 6.07) is 7.17. The molecule has 0 spiro atoms. The molecule has 5 nitrogen and oxygen atoms in total. The molecule has 1 aliphatic rings. The Kier molecular flexibility index (Phi) is 4.17. The van der Waals surface area contributed by atoms with Gasteiger partial charge in [0.25, 0.3) is 0 Å². The van der Waals surface area contributed by atoms with Gasteiger partial charge in [0, 0.05) is 17.3 Å². The van der Waals surface area contributed by atoms with E-state index in [0.717, 1.165) is 33.7 Å². The van der Waals surface area contributed by atoms with E-state index in [-0.39, 0.29) is 5.75 Å². The van der Waals surface area contributed by atoms with Crippen molar-refractivity contribution in [2.24, 2.45) is 5.92 Å². The van der Waals surface area contributed by atoms with Crippen LogP contribution >= 0.6 is 11.6 Å². The minimum Gasteiger partial charge on any atom is -0.503 e. The highest BCUT2D eigenvalue weighted by molar-refractivity contribution is 6.30. The Labute approximate surface area is 155 Å². The van der Waals surface area contributed by atoms with E-state index in [4.69, 9.17) is 11.6 Å². The van der Waals surface area contributed by atoms with Gasteiger partial charge in [-0.2, -0.15) is 0 Å². The number of aromatic hydroxyl groups is 1. The van der Waals surface area contributed by atoms with Gasteiger partial charge in [-0.05, 0) is 30.0 Å². The van der Waals surface area contributed by atoms with E-state index in [2.05, 4.69) is 28.6 Å². The molecule has 132 valence electrons. The first-order valence-corrected chi connectivity index (χ1v) is 8.83. The van der Waals surface area contributed by atoms with Crippen LogP contribution in [0.5, 0.6) is 5.75 Å². The molecule has 0 fully saturated rings. The van der Waals surface area contributed by atoms with Crippen LogP contribution < -0.4 is 5.43 Å². The van der Waals surface area contributed by atoms with Crippen molar-refractivity contribution in [2.75, 3.05) is 0 Å². The second kappa shape index (κ2) is 6.50. The molecule has 0 aliphatic heterocycles. The molecular formula is C20H18ClN3O2. The molecule has 2 aromatic heterocycles. The molecule has 2 heterocycles. The lowest BCUT2D eigenvalue weighted by atomic mass is 9.97. The van der Waals surface area contributed by atoms with Gasteiger partial charge in [0.2, 0.25) is 5.43 Å². The Morgan fingerprint density at radius 1 is 1.35 bits per heavy atom. The molecule has 1 unspecified atom stereocenters. The first-order chi connectivity index (χ1) is 12.5. The third kappa shape index (κ3) is 2.84. The molecule has 0 bridgehead atoms. The quantitative estimate of drug-likeness (QED) is 0.761. The summed E-state index contributed by atoms with van der Waals surface area (Å²) in [6.45, 7) is 2.77. The maximum Gasteiger partial charge on any atom is 0.223 e. The normalized spacial score (nSPS) is 17.2. The number of benzene rings is 1. The monoisotopic (exact) mass is 367 g/mol. The average molecular weight is 368 g/mol. The average Bonchev–Trinajstić information content (AvgIpc) is 3.04. The fourth-order valence-electron chi connectivity index (χ4n) is 3.25. The number of hydrogen-bond donors (Lipinski definition) is 1. The van der Waals surface area contributed by atoms with E-state index in [9.17, 15) is 9.90 Å². The SMILES string of the molecule is CC1CC=CC(Cn2cnc3c(-n4ccc(=O)c(O)c4)cccc32)=C1Cl. The first kappa shape index (κ1) is 16.7. The number of imidazole rings is 1. The van der Waals surface area contributed by atoms with E-state index in [1.54, 1.807) is 17.1 Å². The van der Waals surface area contributed by atoms with Crippen molar-refractivity contribution in [1.82, 2.24) is 14.1 Å². The van der Waals surface area contributed by atoms with Gasteiger partial charge in [-0.25, -0.2) is 4.98 Å². The lowest BCUT2D eigenvalue weighted by Gasteiger charge is -2.17. The Hall–Kier alpha value is -2.79. The number of hydrogen-bond acceptors (Lipinski definition) is 3. The van der Waals surface area contributed by atoms with Gasteiger partial charge >= 0.3 is 0 Å². The summed E-state index contributed by atoms with van der Waals surface area (Å²) in [5.74, 6) is 0.0494. The molecule has 0 radical (unpaired) electrons. The fraction of sp³-hybridized carbons (Fsp3) is 0.200. The molecule has 1 atom stereocenters. The zero-order valence-corrected chi connectivity index (χ0v) is 15.0. The maximum atomic E-state index is 11.4. The summed E-state index contributed by atoms with van der Waals surface area (Å²) >= 11 is 6.49. The van der Waals surface area contributed by atoms with Crippen LogP contribution in [0.3, 0.4) is 0 Å². The van der Waals surface area contributed by atoms with Crippen LogP contribution in [0.2, 0.25) is 0 Å². The van der Waals surface area contributed by atoms with Gasteiger partial charge in [0.1, 0.15) is 5.52 Å². The van der Waals surface area contributed by atoms with E-state index in [0.29, 0.717) is 12.5 Å². The second-order valence-electron chi connectivity index (χ2n) is 6.53. The van der Waals surface area contributed by atoms with Gasteiger partial charge in [0.05, 0.1) is 30.3 Å². The number of rotatable bonds is 3. The fourth-order valence-corrected chi connectivity index (χ4v) is 3.47. The minimum atomic E-state index is -0.404. The lowest BCUT2D eigenvalue weighted by molar-refractivity contribution is 0.465. The number of fused-ring (bicyclic) bond motifs is 1. The van der Waals surface area contributed by atoms with Crippen molar-refractivity contribution >= 4 is 22.6 Å². The minimum absolute atomic E-state index is 0.290. The van der Waals surface area contributed by atoms with Gasteiger partial charge in [0.15, 0.2) is 5.75 Å². The lowest BCUT2D eigenvalue weighted by Crippen LogP contribution is -2.07. The summed E-state index contributed by atoms with van der Waals surface area (Å²) in [5.41, 5.74) is 3.24. The zero-order valence-electron chi connectivity index (χ0n) is 14.3. The topological polar surface area (TPSA) is 60.0 Å². The molecular weight excluding hydrogens is 350 g/mol. The summed E-state index contributed by atoms with van der Waals surface area (Å²) in [5, 5.41) is 10.6. The van der Waals surface area contributed by atoms with Crippen LogP contribution in [0.15, 0.2) is 70.5 Å². The predicted molar refractivity (Wildman–Crippen MR) is 103 cm³/mol. The molecule has 3 aromatic rings. The number of aromatic nitrogens is 3. The molecule has 0 amide bonds. The first-order valence-electron chi connectivity index (χ1n) is 8.45. The Bertz CT molecular complexity index is 1110. The van der Waals surface area contributed by atoms with Crippen LogP contribution in [0, 0.1) is 5.92 Å². The zero-order chi connectivity index (χ0) is 18.3. The Balaban J connectivity index is 1.78. The van der Waals surface area contributed by atoms with Crippen LogP contribution in [-0.2, 0) is 6.54 Å². The van der Waals surface area contributed by atoms with Gasteiger partial charge < -0.3 is 14.2 Å². The number of halogens is 1. The number of para-hydroxylation sites is 1. The summed E-state index contributed by atoms with van der Waals surface area (Å²) in [6.07, 6.45) is 10.0. The van der Waals surface area contributed by atoms with Crippen LogP contribution in [0.25, 0.3) is 16.7 Å². The number of pyridine rings is 1. The van der Waals surface area contributed by atoms with Crippen molar-refractivity contribution in [3.05, 3.63) is 76.0 Å². The highest BCUT2D eigenvalue weighted by Gasteiger charge is 2.16. The summed E-state index contributed by atoms with van der Waals surface area (Å²) < 4.78 is 3.76. The second-order valence-corrected chi connectivity index (χ2v) is 6.94. The molecule has 1 N–H and O–H groups in total. The van der Waals surface area contributed by atoms with Gasteiger partial charge in [-0.1, -0.05) is 36.7 Å². The summed E-state index contributed by atoms with van der Waals surface area (Å²) in [4.78, 5) is 16.0. The smallest absolute Gasteiger partial charge is 0.223 e. The van der Waals surface area contributed by atoms with Crippen molar-refractivity contribution in [3.8, 4) is 11.4 Å². The maximum absolute atomic E-state index is 11.4. The predicted octanol–water partition coefficient (Wildman–Crippen LogP) is 3.98. The highest BCUT2D eigenvalue weighted by Crippen LogP contribution is 2.30. The number of nitrogens with zero attached hydrogens (tertiary/aromatic N) is 3. The van der Waals surface area contributed by atoms with E-state index >= 15 is 0 Å². The van der Waals surface area contributed by atoms with Crippen molar-refractivity contribution < 1.29 is 5.11 Å². The van der Waals surface area contributed by atoms with Crippen LogP contribution in [-0.4, -0.2) is 19.2 Å². The largest absolute Gasteiger partial charge is 0.503 e. The number of allylic oxidation sites excluding steroid dienone is 4. The van der Waals surface area contributed by atoms with E-state index in [1.807, 2.05) is 18.2 Å². The van der Waals surface area contributed by atoms with E-state index in [1.165, 1.54) is 12.3 Å². The third-order valence-electron chi connectivity index (χ3n) is 4.70. The van der Waals surface area contributed by atoms with Crippen molar-refractivity contribution in [3.63, 3.8) is 0 Å². The van der Waals surface area contributed by atoms with Crippen molar-refractivity contribution in [1.29, 1.82) is 0 Å². The molecule has 4 rings (SSSR count). The molecule has 1 aliphatic carbocycles. The Morgan fingerprint density at radius 2 is 2.19 bits per heavy atom.